The van der Waals surface area contributed by atoms with Crippen molar-refractivity contribution in [3.05, 3.63) is 130 Å². The van der Waals surface area contributed by atoms with Crippen LogP contribution in [0.3, 0.4) is 0 Å². The molecule has 32 heavy (non-hydrogen) atoms. The first kappa shape index (κ1) is 21.0. The van der Waals surface area contributed by atoms with Crippen molar-refractivity contribution in [1.29, 1.82) is 0 Å². The molecule has 0 atom stereocenters. The number of rotatable bonds is 6. The lowest BCUT2D eigenvalue weighted by Crippen LogP contribution is -1.82. The van der Waals surface area contributed by atoms with Gasteiger partial charge in [-0.05, 0) is 57.6 Å². The molecule has 0 aliphatic heterocycles. The Balaban J connectivity index is 1.35. The molecular weight excluding hydrogens is 388 g/mol. The van der Waals surface area contributed by atoms with E-state index >= 15 is 0 Å². The van der Waals surface area contributed by atoms with Crippen LogP contribution in [-0.2, 0) is 0 Å². The number of nitrogens with two attached hydrogens (primary N) is 2. The van der Waals surface area contributed by atoms with E-state index in [1.165, 1.54) is 11.1 Å². The summed E-state index contributed by atoms with van der Waals surface area (Å²) in [6.07, 6.45) is 12.7. The molecule has 156 valence electrons. The minimum atomic E-state index is 0.780. The monoisotopic (exact) mass is 414 g/mol. The first-order chi connectivity index (χ1) is 15.6. The number of hydrogen-bond acceptors (Lipinski definition) is 2. The van der Waals surface area contributed by atoms with E-state index in [0.29, 0.717) is 0 Å². The SMILES string of the molecule is Nc1ccc(/C=C/c2ccc(/C=C/c3ccc(/C=C/c4ccc(N)cc4)cc3)cc2)cc1. The molecule has 4 aromatic rings. The van der Waals surface area contributed by atoms with Crippen LogP contribution in [-0.4, -0.2) is 0 Å². The first-order valence-corrected chi connectivity index (χ1v) is 10.6. The molecule has 2 heteroatoms. The number of nitrogen functional groups attached to an aromatic ring is 2. The standard InChI is InChI=1S/C30H26N2/c31-29-19-15-27(16-20-29)13-11-25-7-3-23(4-8-25)1-2-24-5-9-26(10-6-24)12-14-28-17-21-30(32)22-18-28/h1-22H,31-32H2/b2-1+,13-11+,14-12+. The minimum absolute atomic E-state index is 0.780. The van der Waals surface area contributed by atoms with Gasteiger partial charge >= 0.3 is 0 Å². The molecule has 4 rings (SSSR count). The fourth-order valence-electron chi connectivity index (χ4n) is 3.23. The van der Waals surface area contributed by atoms with Crippen molar-refractivity contribution in [3.8, 4) is 0 Å². The molecule has 0 aromatic heterocycles. The summed E-state index contributed by atoms with van der Waals surface area (Å²) in [6, 6.07) is 32.7. The van der Waals surface area contributed by atoms with E-state index in [1.807, 2.05) is 48.5 Å². The first-order valence-electron chi connectivity index (χ1n) is 10.6. The van der Waals surface area contributed by atoms with Gasteiger partial charge in [0.1, 0.15) is 0 Å². The van der Waals surface area contributed by atoms with Crippen LogP contribution in [0.2, 0.25) is 0 Å². The molecule has 4 N–H and O–H groups in total. The average molecular weight is 415 g/mol. The quantitative estimate of drug-likeness (QED) is 0.256. The molecule has 0 unspecified atom stereocenters. The van der Waals surface area contributed by atoms with E-state index in [-0.39, 0.29) is 0 Å². The molecule has 0 amide bonds. The van der Waals surface area contributed by atoms with E-state index in [9.17, 15) is 0 Å². The predicted molar refractivity (Wildman–Crippen MR) is 141 cm³/mol. The fourth-order valence-corrected chi connectivity index (χ4v) is 3.23. The molecule has 4 aromatic carbocycles. The van der Waals surface area contributed by atoms with Gasteiger partial charge in [-0.1, -0.05) is 109 Å². The molecule has 0 saturated carbocycles. The molecule has 0 radical (unpaired) electrons. The highest BCUT2D eigenvalue weighted by Gasteiger charge is 1.93. The summed E-state index contributed by atoms with van der Waals surface area (Å²) in [5.74, 6) is 0. The van der Waals surface area contributed by atoms with Crippen molar-refractivity contribution in [2.75, 3.05) is 11.5 Å². The Kier molecular flexibility index (Phi) is 6.64. The highest BCUT2D eigenvalue weighted by Crippen LogP contribution is 2.15. The average Bonchev–Trinajstić information content (AvgIpc) is 2.83. The van der Waals surface area contributed by atoms with Crippen molar-refractivity contribution in [1.82, 2.24) is 0 Å². The van der Waals surface area contributed by atoms with Gasteiger partial charge in [0.2, 0.25) is 0 Å². The van der Waals surface area contributed by atoms with Crippen LogP contribution in [0.1, 0.15) is 33.4 Å². The largest absolute Gasteiger partial charge is 0.399 e. The second-order valence-electron chi connectivity index (χ2n) is 7.67. The third-order valence-corrected chi connectivity index (χ3v) is 5.15. The predicted octanol–water partition coefficient (Wildman–Crippen LogP) is 7.36. The molecule has 0 spiro atoms. The highest BCUT2D eigenvalue weighted by molar-refractivity contribution is 5.75. The van der Waals surface area contributed by atoms with E-state index in [4.69, 9.17) is 11.5 Å². The zero-order chi connectivity index (χ0) is 22.2. The summed E-state index contributed by atoms with van der Waals surface area (Å²) < 4.78 is 0. The molecule has 0 aliphatic rings. The van der Waals surface area contributed by atoms with Crippen molar-refractivity contribution in [2.24, 2.45) is 0 Å². The van der Waals surface area contributed by atoms with Gasteiger partial charge in [0, 0.05) is 11.4 Å². The van der Waals surface area contributed by atoms with Crippen LogP contribution < -0.4 is 11.5 Å². The van der Waals surface area contributed by atoms with E-state index in [2.05, 4.69) is 85.0 Å². The molecule has 2 nitrogen and oxygen atoms in total. The van der Waals surface area contributed by atoms with E-state index < -0.39 is 0 Å². The Labute approximate surface area is 189 Å². The van der Waals surface area contributed by atoms with Gasteiger partial charge < -0.3 is 11.5 Å². The second kappa shape index (κ2) is 10.1. The highest BCUT2D eigenvalue weighted by atomic mass is 14.5. The Morgan fingerprint density at radius 2 is 0.438 bits per heavy atom. The third-order valence-electron chi connectivity index (χ3n) is 5.15. The molecular formula is C30H26N2. The molecule has 0 aliphatic carbocycles. The van der Waals surface area contributed by atoms with Gasteiger partial charge in [0.15, 0.2) is 0 Å². The number of benzene rings is 4. The Hall–Kier alpha value is -4.30. The van der Waals surface area contributed by atoms with Gasteiger partial charge in [-0.3, -0.25) is 0 Å². The molecule has 0 saturated heterocycles. The van der Waals surface area contributed by atoms with E-state index in [0.717, 1.165) is 33.6 Å². The topological polar surface area (TPSA) is 52.0 Å². The van der Waals surface area contributed by atoms with Gasteiger partial charge in [0.05, 0.1) is 0 Å². The van der Waals surface area contributed by atoms with Crippen LogP contribution in [0.25, 0.3) is 36.5 Å². The maximum absolute atomic E-state index is 5.73. The van der Waals surface area contributed by atoms with Crippen LogP contribution in [0.4, 0.5) is 11.4 Å². The van der Waals surface area contributed by atoms with Gasteiger partial charge in [-0.25, -0.2) is 0 Å². The zero-order valence-corrected chi connectivity index (χ0v) is 17.9. The lowest BCUT2D eigenvalue weighted by atomic mass is 10.1. The number of anilines is 2. The summed E-state index contributed by atoms with van der Waals surface area (Å²) in [7, 11) is 0. The van der Waals surface area contributed by atoms with Crippen molar-refractivity contribution >= 4 is 47.8 Å². The number of hydrogen-bond donors (Lipinski definition) is 2. The van der Waals surface area contributed by atoms with E-state index in [1.54, 1.807) is 0 Å². The minimum Gasteiger partial charge on any atom is -0.399 e. The lowest BCUT2D eigenvalue weighted by molar-refractivity contribution is 1.60. The summed E-state index contributed by atoms with van der Waals surface area (Å²) in [5.41, 5.74) is 20.0. The maximum atomic E-state index is 5.73. The summed E-state index contributed by atoms with van der Waals surface area (Å²) in [4.78, 5) is 0. The maximum Gasteiger partial charge on any atom is 0.0314 e. The van der Waals surface area contributed by atoms with Gasteiger partial charge in [-0.15, -0.1) is 0 Å². The van der Waals surface area contributed by atoms with Crippen LogP contribution >= 0.6 is 0 Å². The smallest absolute Gasteiger partial charge is 0.0314 e. The lowest BCUT2D eigenvalue weighted by Gasteiger charge is -1.99. The normalized spacial score (nSPS) is 11.6. The van der Waals surface area contributed by atoms with Gasteiger partial charge in [0.25, 0.3) is 0 Å². The van der Waals surface area contributed by atoms with Crippen LogP contribution in [0.15, 0.2) is 97.1 Å². The summed E-state index contributed by atoms with van der Waals surface area (Å²) >= 11 is 0. The van der Waals surface area contributed by atoms with Crippen molar-refractivity contribution < 1.29 is 0 Å². The van der Waals surface area contributed by atoms with Crippen LogP contribution in [0.5, 0.6) is 0 Å². The van der Waals surface area contributed by atoms with Crippen LogP contribution in [0, 0.1) is 0 Å². The summed E-state index contributed by atoms with van der Waals surface area (Å²) in [5, 5.41) is 0. The third kappa shape index (κ3) is 6.10. The van der Waals surface area contributed by atoms with Gasteiger partial charge in [-0.2, -0.15) is 0 Å². The molecule has 0 bridgehead atoms. The molecule has 0 heterocycles. The van der Waals surface area contributed by atoms with Crippen molar-refractivity contribution in [3.63, 3.8) is 0 Å². The Morgan fingerprint density at radius 3 is 0.625 bits per heavy atom. The second-order valence-corrected chi connectivity index (χ2v) is 7.67. The van der Waals surface area contributed by atoms with Crippen molar-refractivity contribution in [2.45, 2.75) is 0 Å². The Morgan fingerprint density at radius 1 is 0.281 bits per heavy atom. The fraction of sp³-hybridized carbons (Fsp3) is 0. The molecule has 0 fully saturated rings. The zero-order valence-electron chi connectivity index (χ0n) is 17.9. The summed E-state index contributed by atoms with van der Waals surface area (Å²) in [6.45, 7) is 0. The Bertz CT molecular complexity index is 1130.